The fourth-order valence-electron chi connectivity index (χ4n) is 9.24. The zero-order valence-electron chi connectivity index (χ0n) is 26.2. The Bertz CT molecular complexity index is 2130. The molecule has 2 heteroatoms. The van der Waals surface area contributed by atoms with E-state index in [2.05, 4.69) is 147 Å². The number of anilines is 4. The molecule has 2 aliphatic carbocycles. The van der Waals surface area contributed by atoms with Crippen molar-refractivity contribution >= 4 is 22.7 Å². The Hall–Kier alpha value is -5.08. The molecule has 2 nitrogen and oxygen atoms in total. The van der Waals surface area contributed by atoms with Crippen molar-refractivity contribution in [3.8, 4) is 22.3 Å². The number of fused-ring (bicyclic) bond motifs is 14. The summed E-state index contributed by atoms with van der Waals surface area (Å²) in [6, 6.07) is 42.3. The van der Waals surface area contributed by atoms with E-state index in [-0.39, 0.29) is 5.41 Å². The SMILES string of the molecule is Cc1ccc2c(c1)Cc1cc3c(cc1N2C)C1(c2ccccc2-c2ccccc21)c1cc2c(cc1-3)Cc1cc(C)ccc1N2C. The quantitative estimate of drug-likeness (QED) is 0.177. The molecule has 0 unspecified atom stereocenters. The van der Waals surface area contributed by atoms with E-state index in [1.807, 2.05) is 0 Å². The summed E-state index contributed by atoms with van der Waals surface area (Å²) >= 11 is 0. The third kappa shape index (κ3) is 3.10. The van der Waals surface area contributed by atoms with Gasteiger partial charge >= 0.3 is 0 Å². The Morgan fingerprint density at radius 1 is 0.422 bits per heavy atom. The summed E-state index contributed by atoms with van der Waals surface area (Å²) in [5.74, 6) is 0. The molecule has 2 aliphatic heterocycles. The third-order valence-electron chi connectivity index (χ3n) is 11.2. The number of benzene rings is 6. The van der Waals surface area contributed by atoms with E-state index < -0.39 is 0 Å². The fraction of sp³-hybridized carbons (Fsp3) is 0.163. The maximum absolute atomic E-state index is 2.55. The summed E-state index contributed by atoms with van der Waals surface area (Å²) < 4.78 is 0. The molecule has 0 saturated carbocycles. The number of hydrogen-bond donors (Lipinski definition) is 0. The molecule has 0 fully saturated rings. The molecule has 0 atom stereocenters. The topological polar surface area (TPSA) is 6.48 Å². The summed E-state index contributed by atoms with van der Waals surface area (Å²) in [6.45, 7) is 4.40. The molecule has 0 radical (unpaired) electrons. The minimum absolute atomic E-state index is 0.370. The maximum atomic E-state index is 2.55. The lowest BCUT2D eigenvalue weighted by atomic mass is 9.70. The van der Waals surface area contributed by atoms with Crippen LogP contribution in [0.15, 0.2) is 109 Å². The van der Waals surface area contributed by atoms with E-state index in [9.17, 15) is 0 Å². The minimum Gasteiger partial charge on any atom is -0.344 e. The van der Waals surface area contributed by atoms with E-state index in [1.165, 1.54) is 101 Å². The van der Waals surface area contributed by atoms with Crippen LogP contribution >= 0.6 is 0 Å². The summed E-state index contributed by atoms with van der Waals surface area (Å²) in [4.78, 5) is 4.85. The predicted molar refractivity (Wildman–Crippen MR) is 187 cm³/mol. The van der Waals surface area contributed by atoms with Crippen LogP contribution in [0.1, 0.15) is 55.6 Å². The minimum atomic E-state index is -0.370. The first kappa shape index (κ1) is 25.3. The van der Waals surface area contributed by atoms with Crippen molar-refractivity contribution in [1.29, 1.82) is 0 Å². The molecule has 0 amide bonds. The molecule has 1 spiro atoms. The molecule has 0 saturated heterocycles. The van der Waals surface area contributed by atoms with Gasteiger partial charge in [-0.25, -0.2) is 0 Å². The van der Waals surface area contributed by atoms with Gasteiger partial charge in [-0.05, 0) is 117 Å². The van der Waals surface area contributed by atoms with Crippen LogP contribution in [0.25, 0.3) is 22.3 Å². The lowest BCUT2D eigenvalue weighted by molar-refractivity contribution is 0.791. The van der Waals surface area contributed by atoms with Gasteiger partial charge in [0.1, 0.15) is 0 Å². The molecule has 6 aromatic rings. The highest BCUT2D eigenvalue weighted by atomic mass is 15.1. The van der Waals surface area contributed by atoms with Crippen LogP contribution in [0.4, 0.5) is 22.7 Å². The van der Waals surface area contributed by atoms with Gasteiger partial charge in [0.15, 0.2) is 0 Å². The fourth-order valence-corrected chi connectivity index (χ4v) is 9.24. The van der Waals surface area contributed by atoms with Crippen molar-refractivity contribution in [2.24, 2.45) is 0 Å². The van der Waals surface area contributed by atoms with E-state index in [1.54, 1.807) is 0 Å². The molecule has 0 aromatic heterocycles. The van der Waals surface area contributed by atoms with Crippen molar-refractivity contribution in [2.45, 2.75) is 32.1 Å². The zero-order chi connectivity index (χ0) is 30.2. The van der Waals surface area contributed by atoms with E-state index in [0.29, 0.717) is 0 Å². The van der Waals surface area contributed by atoms with Crippen molar-refractivity contribution < 1.29 is 0 Å². The van der Waals surface area contributed by atoms with Gasteiger partial charge in [-0.1, -0.05) is 83.9 Å². The predicted octanol–water partition coefficient (Wildman–Crippen LogP) is 9.99. The van der Waals surface area contributed by atoms with E-state index >= 15 is 0 Å². The molecule has 45 heavy (non-hydrogen) atoms. The monoisotopic (exact) mass is 578 g/mol. The van der Waals surface area contributed by atoms with Crippen LogP contribution in [0.5, 0.6) is 0 Å². The molecule has 10 rings (SSSR count). The van der Waals surface area contributed by atoms with Gasteiger partial charge in [0, 0.05) is 49.7 Å². The van der Waals surface area contributed by atoms with Crippen LogP contribution in [0.3, 0.4) is 0 Å². The first-order valence-electron chi connectivity index (χ1n) is 16.1. The Balaban J connectivity index is 1.30. The summed E-state index contributed by atoms with van der Waals surface area (Å²) in [6.07, 6.45) is 1.92. The highest BCUT2D eigenvalue weighted by Gasteiger charge is 2.52. The number of aryl methyl sites for hydroxylation is 2. The Labute approximate surface area is 265 Å². The zero-order valence-corrected chi connectivity index (χ0v) is 26.2. The van der Waals surface area contributed by atoms with Crippen LogP contribution in [0.2, 0.25) is 0 Å². The lowest BCUT2D eigenvalue weighted by Crippen LogP contribution is -2.28. The van der Waals surface area contributed by atoms with Crippen LogP contribution in [0, 0.1) is 13.8 Å². The first-order chi connectivity index (χ1) is 21.9. The second-order valence-corrected chi connectivity index (χ2v) is 13.6. The molecule has 2 heterocycles. The van der Waals surface area contributed by atoms with Crippen molar-refractivity contribution in [2.75, 3.05) is 23.9 Å². The van der Waals surface area contributed by atoms with Gasteiger partial charge < -0.3 is 9.80 Å². The lowest BCUT2D eigenvalue weighted by Gasteiger charge is -2.35. The van der Waals surface area contributed by atoms with Crippen molar-refractivity contribution in [3.05, 3.63) is 165 Å². The van der Waals surface area contributed by atoms with Crippen molar-refractivity contribution in [3.63, 3.8) is 0 Å². The van der Waals surface area contributed by atoms with Crippen molar-refractivity contribution in [1.82, 2.24) is 0 Å². The van der Waals surface area contributed by atoms with Gasteiger partial charge in [0.2, 0.25) is 0 Å². The van der Waals surface area contributed by atoms with Gasteiger partial charge in [-0.2, -0.15) is 0 Å². The molecular weight excluding hydrogens is 544 g/mol. The summed E-state index contributed by atoms with van der Waals surface area (Å²) in [7, 11) is 4.49. The number of hydrogen-bond acceptors (Lipinski definition) is 2. The number of rotatable bonds is 0. The average Bonchev–Trinajstić information content (AvgIpc) is 3.49. The smallest absolute Gasteiger partial charge is 0.0727 e. The largest absolute Gasteiger partial charge is 0.344 e. The van der Waals surface area contributed by atoms with Crippen LogP contribution < -0.4 is 9.80 Å². The van der Waals surface area contributed by atoms with Gasteiger partial charge in [-0.3, -0.25) is 0 Å². The average molecular weight is 579 g/mol. The summed E-state index contributed by atoms with van der Waals surface area (Å²) in [5, 5.41) is 0. The van der Waals surface area contributed by atoms with E-state index in [4.69, 9.17) is 0 Å². The normalized spacial score (nSPS) is 15.5. The van der Waals surface area contributed by atoms with Gasteiger partial charge in [-0.15, -0.1) is 0 Å². The Kier molecular flexibility index (Phi) is 4.80. The standard InChI is InChI=1S/C43H34N2/c1-25-13-15-39-27(17-25)19-29-21-33-34-22-30-20-28-18-26(2)14-16-40(28)45(4)42(30)24-38(34)43(37(33)23-41(29)44(39)3)35-11-7-5-9-31(35)32-10-6-8-12-36(32)43/h5-18,21-24H,19-20H2,1-4H3. The highest BCUT2D eigenvalue weighted by molar-refractivity contribution is 5.98. The first-order valence-corrected chi connectivity index (χ1v) is 16.1. The molecule has 0 N–H and O–H groups in total. The van der Waals surface area contributed by atoms with Gasteiger partial charge in [0.05, 0.1) is 5.41 Å². The molecule has 6 aromatic carbocycles. The molecule has 0 bridgehead atoms. The second-order valence-electron chi connectivity index (χ2n) is 13.6. The Morgan fingerprint density at radius 3 is 1.31 bits per heavy atom. The second kappa shape index (κ2) is 8.55. The summed E-state index contributed by atoms with van der Waals surface area (Å²) in [5.41, 5.74) is 24.3. The van der Waals surface area contributed by atoms with Crippen LogP contribution in [-0.2, 0) is 18.3 Å². The molecular formula is C43H34N2. The Morgan fingerprint density at radius 2 is 0.844 bits per heavy atom. The van der Waals surface area contributed by atoms with Crippen LogP contribution in [-0.4, -0.2) is 14.1 Å². The number of nitrogens with zero attached hydrogens (tertiary/aromatic N) is 2. The van der Waals surface area contributed by atoms with Gasteiger partial charge in [0.25, 0.3) is 0 Å². The molecule has 216 valence electrons. The van der Waals surface area contributed by atoms with E-state index in [0.717, 1.165) is 12.8 Å². The molecule has 4 aliphatic rings. The third-order valence-corrected chi connectivity index (χ3v) is 11.2. The highest BCUT2D eigenvalue weighted by Crippen LogP contribution is 2.64. The maximum Gasteiger partial charge on any atom is 0.0727 e.